The van der Waals surface area contributed by atoms with Crippen LogP contribution in [0.1, 0.15) is 194 Å². The van der Waals surface area contributed by atoms with Gasteiger partial charge in [-0.05, 0) is 32.1 Å². The molecule has 0 heterocycles. The van der Waals surface area contributed by atoms with Crippen molar-refractivity contribution in [1.29, 1.82) is 0 Å². The van der Waals surface area contributed by atoms with Gasteiger partial charge in [-0.15, -0.1) is 0 Å². The van der Waals surface area contributed by atoms with Crippen molar-refractivity contribution >= 4 is 11.9 Å². The van der Waals surface area contributed by atoms with E-state index in [1.165, 1.54) is 135 Å². The molecular formula is C35H68O4. The van der Waals surface area contributed by atoms with Crippen molar-refractivity contribution in [3.8, 4) is 0 Å². The van der Waals surface area contributed by atoms with Gasteiger partial charge in [0.1, 0.15) is 0 Å². The molecule has 0 aliphatic heterocycles. The average Bonchev–Trinajstić information content (AvgIpc) is 2.93. The standard InChI is InChI=1S/C35H68O4/c1-4-7-29-33(5-2)32-39-35(37)31-28-26-24-22-20-18-16-14-12-10-8-9-11-13-15-17-19-21-23-25-27-30-34(36)38-6-3/h33H,4-32H2,1-3H3. The van der Waals surface area contributed by atoms with Crippen molar-refractivity contribution in [3.05, 3.63) is 0 Å². The minimum atomic E-state index is -0.0365. The van der Waals surface area contributed by atoms with E-state index in [-0.39, 0.29) is 11.9 Å². The van der Waals surface area contributed by atoms with Gasteiger partial charge in [-0.3, -0.25) is 9.59 Å². The Morgan fingerprint density at radius 1 is 0.462 bits per heavy atom. The summed E-state index contributed by atoms with van der Waals surface area (Å²) in [5.74, 6) is 0.524. The fourth-order valence-electron chi connectivity index (χ4n) is 5.31. The molecule has 0 aromatic rings. The van der Waals surface area contributed by atoms with Gasteiger partial charge in [0.25, 0.3) is 0 Å². The van der Waals surface area contributed by atoms with Gasteiger partial charge in [-0.1, -0.05) is 155 Å². The van der Waals surface area contributed by atoms with Gasteiger partial charge >= 0.3 is 11.9 Å². The van der Waals surface area contributed by atoms with Gasteiger partial charge in [0, 0.05) is 12.8 Å². The first-order valence-corrected chi connectivity index (χ1v) is 17.4. The van der Waals surface area contributed by atoms with Crippen molar-refractivity contribution in [2.24, 2.45) is 5.92 Å². The van der Waals surface area contributed by atoms with Crippen LogP contribution in [0.5, 0.6) is 0 Å². The first kappa shape index (κ1) is 37.9. The van der Waals surface area contributed by atoms with Crippen LogP contribution in [-0.4, -0.2) is 25.2 Å². The number of unbranched alkanes of at least 4 members (excludes halogenated alkanes) is 21. The second-order valence-electron chi connectivity index (χ2n) is 11.8. The summed E-state index contributed by atoms with van der Waals surface area (Å²) in [5, 5.41) is 0. The van der Waals surface area contributed by atoms with E-state index < -0.39 is 0 Å². The Hall–Kier alpha value is -1.06. The first-order valence-electron chi connectivity index (χ1n) is 17.4. The Morgan fingerprint density at radius 2 is 0.795 bits per heavy atom. The summed E-state index contributed by atoms with van der Waals surface area (Å²) in [7, 11) is 0. The SMILES string of the molecule is CCCCC(CC)COC(=O)CCCCCCCCCCCCCCCCCCCCCCCC(=O)OCC. The summed E-state index contributed by atoms with van der Waals surface area (Å²) in [5.41, 5.74) is 0. The molecule has 0 rings (SSSR count). The lowest BCUT2D eigenvalue weighted by Crippen LogP contribution is -2.13. The third kappa shape index (κ3) is 29.7. The molecule has 0 aromatic carbocycles. The lowest BCUT2D eigenvalue weighted by molar-refractivity contribution is -0.145. The van der Waals surface area contributed by atoms with E-state index in [9.17, 15) is 9.59 Å². The summed E-state index contributed by atoms with van der Waals surface area (Å²) >= 11 is 0. The number of ether oxygens (including phenoxy) is 2. The molecule has 0 aromatic heterocycles. The number of rotatable bonds is 31. The van der Waals surface area contributed by atoms with Gasteiger partial charge in [0.2, 0.25) is 0 Å². The maximum atomic E-state index is 11.9. The van der Waals surface area contributed by atoms with Crippen LogP contribution in [0.3, 0.4) is 0 Å². The molecule has 0 radical (unpaired) electrons. The summed E-state index contributed by atoms with van der Waals surface area (Å²) in [6, 6.07) is 0. The number of carbonyl (C=O) groups excluding carboxylic acids is 2. The zero-order chi connectivity index (χ0) is 28.7. The van der Waals surface area contributed by atoms with Crippen LogP contribution >= 0.6 is 0 Å². The van der Waals surface area contributed by atoms with E-state index in [0.29, 0.717) is 32.0 Å². The van der Waals surface area contributed by atoms with E-state index >= 15 is 0 Å². The summed E-state index contributed by atoms with van der Waals surface area (Å²) in [6.07, 6.45) is 33.5. The Bertz CT molecular complexity index is 519. The minimum absolute atomic E-state index is 0.0111. The second kappa shape index (κ2) is 31.5. The molecule has 1 atom stereocenters. The Labute approximate surface area is 244 Å². The molecule has 232 valence electrons. The van der Waals surface area contributed by atoms with Crippen LogP contribution in [0, 0.1) is 5.92 Å². The number of esters is 2. The largest absolute Gasteiger partial charge is 0.466 e. The van der Waals surface area contributed by atoms with Gasteiger partial charge < -0.3 is 9.47 Å². The maximum Gasteiger partial charge on any atom is 0.305 e. The zero-order valence-corrected chi connectivity index (χ0v) is 26.7. The molecular weight excluding hydrogens is 484 g/mol. The molecule has 0 bridgehead atoms. The molecule has 0 N–H and O–H groups in total. The average molecular weight is 553 g/mol. The van der Waals surface area contributed by atoms with Crippen molar-refractivity contribution in [2.75, 3.05) is 13.2 Å². The van der Waals surface area contributed by atoms with Crippen LogP contribution in [-0.2, 0) is 19.1 Å². The van der Waals surface area contributed by atoms with Crippen LogP contribution < -0.4 is 0 Å². The van der Waals surface area contributed by atoms with Crippen molar-refractivity contribution in [1.82, 2.24) is 0 Å². The number of hydrogen-bond donors (Lipinski definition) is 0. The fourth-order valence-corrected chi connectivity index (χ4v) is 5.31. The molecule has 0 saturated heterocycles. The molecule has 0 fully saturated rings. The molecule has 39 heavy (non-hydrogen) atoms. The minimum Gasteiger partial charge on any atom is -0.466 e. The van der Waals surface area contributed by atoms with Gasteiger partial charge in [-0.25, -0.2) is 0 Å². The lowest BCUT2D eigenvalue weighted by atomic mass is 10.0. The Morgan fingerprint density at radius 3 is 1.10 bits per heavy atom. The maximum absolute atomic E-state index is 11.9. The van der Waals surface area contributed by atoms with E-state index in [1.807, 2.05) is 6.92 Å². The summed E-state index contributed by atoms with van der Waals surface area (Å²) < 4.78 is 10.5. The smallest absolute Gasteiger partial charge is 0.305 e. The van der Waals surface area contributed by atoms with Crippen LogP contribution in [0.15, 0.2) is 0 Å². The third-order valence-electron chi connectivity index (χ3n) is 8.09. The highest BCUT2D eigenvalue weighted by molar-refractivity contribution is 5.69. The van der Waals surface area contributed by atoms with Crippen molar-refractivity contribution in [2.45, 2.75) is 194 Å². The second-order valence-corrected chi connectivity index (χ2v) is 11.8. The molecule has 0 amide bonds. The highest BCUT2D eigenvalue weighted by Gasteiger charge is 2.09. The highest BCUT2D eigenvalue weighted by Crippen LogP contribution is 2.16. The summed E-state index contributed by atoms with van der Waals surface area (Å²) in [4.78, 5) is 23.2. The number of hydrogen-bond acceptors (Lipinski definition) is 4. The third-order valence-corrected chi connectivity index (χ3v) is 8.09. The zero-order valence-electron chi connectivity index (χ0n) is 26.7. The van der Waals surface area contributed by atoms with E-state index in [1.54, 1.807) is 0 Å². The van der Waals surface area contributed by atoms with E-state index in [0.717, 1.165) is 25.7 Å². The van der Waals surface area contributed by atoms with Crippen molar-refractivity contribution < 1.29 is 19.1 Å². The Kier molecular flexibility index (Phi) is 30.6. The number of carbonyl (C=O) groups is 2. The molecule has 0 saturated carbocycles. The van der Waals surface area contributed by atoms with Gasteiger partial charge in [0.05, 0.1) is 13.2 Å². The molecule has 0 spiro atoms. The quantitative estimate of drug-likeness (QED) is 0.0634. The van der Waals surface area contributed by atoms with E-state index in [4.69, 9.17) is 9.47 Å². The van der Waals surface area contributed by atoms with E-state index in [2.05, 4.69) is 13.8 Å². The van der Waals surface area contributed by atoms with Crippen LogP contribution in [0.2, 0.25) is 0 Å². The van der Waals surface area contributed by atoms with Crippen molar-refractivity contribution in [3.63, 3.8) is 0 Å². The molecule has 4 heteroatoms. The van der Waals surface area contributed by atoms with Crippen LogP contribution in [0.25, 0.3) is 0 Å². The Balaban J connectivity index is 3.21. The summed E-state index contributed by atoms with van der Waals surface area (Å²) in [6.45, 7) is 7.41. The lowest BCUT2D eigenvalue weighted by Gasteiger charge is -2.14. The van der Waals surface area contributed by atoms with Gasteiger partial charge in [0.15, 0.2) is 0 Å². The van der Waals surface area contributed by atoms with Crippen LogP contribution in [0.4, 0.5) is 0 Å². The first-order chi connectivity index (χ1) is 19.1. The fraction of sp³-hybridized carbons (Fsp3) is 0.943. The molecule has 4 nitrogen and oxygen atoms in total. The molecule has 0 aliphatic rings. The monoisotopic (exact) mass is 553 g/mol. The topological polar surface area (TPSA) is 52.6 Å². The molecule has 1 unspecified atom stereocenters. The normalized spacial score (nSPS) is 12.0. The van der Waals surface area contributed by atoms with Gasteiger partial charge in [-0.2, -0.15) is 0 Å². The molecule has 0 aliphatic carbocycles. The predicted octanol–water partition coefficient (Wildman–Crippen LogP) is 11.3. The highest BCUT2D eigenvalue weighted by atomic mass is 16.5. The predicted molar refractivity (Wildman–Crippen MR) is 167 cm³/mol.